The highest BCUT2D eigenvalue weighted by Gasteiger charge is 2.38. The standard InChI is InChI=1S/C22H39NO10S/c1-2-3-4-5-6-7-8-9-10-11-12-13-14-23(17(21(27)28)15-20(25)26)19(24)16-18(22(29)30)34(31,32)33/h17-18H,2-16H2,1H3,(H,25,26)(H,27,28)(H,29,30)(H,31,32,33). The highest BCUT2D eigenvalue weighted by atomic mass is 32.2. The molecule has 0 fully saturated rings. The Morgan fingerprint density at radius 2 is 1.15 bits per heavy atom. The molecule has 12 heteroatoms. The Hall–Kier alpha value is -2.21. The van der Waals surface area contributed by atoms with Crippen molar-refractivity contribution in [1.29, 1.82) is 0 Å². The minimum absolute atomic E-state index is 0.168. The van der Waals surface area contributed by atoms with Crippen LogP contribution in [-0.2, 0) is 29.3 Å². The van der Waals surface area contributed by atoms with Crippen molar-refractivity contribution in [2.45, 2.75) is 108 Å². The molecule has 11 nitrogen and oxygen atoms in total. The van der Waals surface area contributed by atoms with Crippen LogP contribution >= 0.6 is 0 Å². The lowest BCUT2D eigenvalue weighted by molar-refractivity contribution is -0.155. The van der Waals surface area contributed by atoms with E-state index < -0.39 is 58.1 Å². The highest BCUT2D eigenvalue weighted by molar-refractivity contribution is 7.87. The summed E-state index contributed by atoms with van der Waals surface area (Å²) in [5.41, 5.74) is 0. The van der Waals surface area contributed by atoms with Crippen LogP contribution in [0.2, 0.25) is 0 Å². The molecule has 0 aliphatic rings. The lowest BCUT2D eigenvalue weighted by Crippen LogP contribution is -2.48. The molecule has 0 bridgehead atoms. The van der Waals surface area contributed by atoms with Gasteiger partial charge in [0.25, 0.3) is 10.1 Å². The van der Waals surface area contributed by atoms with Crippen LogP contribution in [0.1, 0.15) is 96.8 Å². The van der Waals surface area contributed by atoms with E-state index in [4.69, 9.17) is 14.8 Å². The number of carboxylic acids is 3. The third-order valence-electron chi connectivity index (χ3n) is 5.60. The van der Waals surface area contributed by atoms with Crippen molar-refractivity contribution in [3.05, 3.63) is 0 Å². The van der Waals surface area contributed by atoms with E-state index in [2.05, 4.69) is 6.92 Å². The third-order valence-corrected chi connectivity index (χ3v) is 6.68. The predicted molar refractivity (Wildman–Crippen MR) is 124 cm³/mol. The van der Waals surface area contributed by atoms with Crippen LogP contribution in [0.25, 0.3) is 0 Å². The second-order valence-electron chi connectivity index (χ2n) is 8.47. The monoisotopic (exact) mass is 509 g/mol. The van der Waals surface area contributed by atoms with Gasteiger partial charge >= 0.3 is 17.9 Å². The number of nitrogens with zero attached hydrogens (tertiary/aromatic N) is 1. The van der Waals surface area contributed by atoms with Crippen molar-refractivity contribution in [2.24, 2.45) is 0 Å². The molecule has 0 saturated heterocycles. The van der Waals surface area contributed by atoms with Crippen molar-refractivity contribution in [3.63, 3.8) is 0 Å². The molecule has 2 unspecified atom stereocenters. The molecule has 1 amide bonds. The van der Waals surface area contributed by atoms with Crippen molar-refractivity contribution in [1.82, 2.24) is 4.90 Å². The zero-order valence-corrected chi connectivity index (χ0v) is 20.7. The first kappa shape index (κ1) is 31.8. The number of rotatable bonds is 21. The SMILES string of the molecule is CCCCCCCCCCCCCCN(C(=O)CC(C(=O)O)S(=O)(=O)O)C(CC(=O)O)C(=O)O. The first-order valence-corrected chi connectivity index (χ1v) is 13.3. The smallest absolute Gasteiger partial charge is 0.327 e. The van der Waals surface area contributed by atoms with E-state index in [1.165, 1.54) is 38.5 Å². The number of carboxylic acid groups (broad SMARTS) is 3. The topological polar surface area (TPSA) is 187 Å². The van der Waals surface area contributed by atoms with Gasteiger partial charge in [0, 0.05) is 6.54 Å². The van der Waals surface area contributed by atoms with Gasteiger partial charge in [-0.25, -0.2) is 4.79 Å². The van der Waals surface area contributed by atoms with Crippen molar-refractivity contribution in [3.8, 4) is 0 Å². The average molecular weight is 510 g/mol. The Labute approximate surface area is 201 Å². The quantitative estimate of drug-likeness (QED) is 0.132. The third kappa shape index (κ3) is 14.1. The number of amides is 1. The van der Waals surface area contributed by atoms with E-state index in [-0.39, 0.29) is 6.54 Å². The largest absolute Gasteiger partial charge is 0.481 e. The van der Waals surface area contributed by atoms with Gasteiger partial charge in [0.2, 0.25) is 5.91 Å². The summed E-state index contributed by atoms with van der Waals surface area (Å²) in [6.07, 6.45) is 10.2. The average Bonchev–Trinajstić information content (AvgIpc) is 2.72. The van der Waals surface area contributed by atoms with Crippen molar-refractivity contribution < 1.29 is 47.5 Å². The van der Waals surface area contributed by atoms with Crippen LogP contribution < -0.4 is 0 Å². The van der Waals surface area contributed by atoms with Crippen molar-refractivity contribution >= 4 is 33.9 Å². The number of unbranched alkanes of at least 4 members (excludes halogenated alkanes) is 11. The highest BCUT2D eigenvalue weighted by Crippen LogP contribution is 2.16. The van der Waals surface area contributed by atoms with Gasteiger partial charge in [-0.05, 0) is 6.42 Å². The van der Waals surface area contributed by atoms with Gasteiger partial charge in [-0.3, -0.25) is 18.9 Å². The summed E-state index contributed by atoms with van der Waals surface area (Å²) in [5.74, 6) is -6.22. The summed E-state index contributed by atoms with van der Waals surface area (Å²) in [6.45, 7) is 2.01. The Bertz CT molecular complexity index is 753. The second-order valence-corrected chi connectivity index (χ2v) is 10.1. The Morgan fingerprint density at radius 1 is 0.706 bits per heavy atom. The normalized spacial score (nSPS) is 13.2. The van der Waals surface area contributed by atoms with Gasteiger partial charge in [0.1, 0.15) is 6.04 Å². The lowest BCUT2D eigenvalue weighted by Gasteiger charge is -2.29. The van der Waals surface area contributed by atoms with Crippen LogP contribution in [0.15, 0.2) is 0 Å². The molecule has 0 aromatic carbocycles. The molecule has 34 heavy (non-hydrogen) atoms. The molecule has 0 rings (SSSR count). The summed E-state index contributed by atoms with van der Waals surface area (Å²) in [5, 5.41) is 24.9. The number of aliphatic carboxylic acids is 3. The maximum Gasteiger partial charge on any atom is 0.327 e. The van der Waals surface area contributed by atoms with Crippen LogP contribution in [0.4, 0.5) is 0 Å². The summed E-state index contributed by atoms with van der Waals surface area (Å²) in [7, 11) is -5.12. The Balaban J connectivity index is 4.80. The number of carbonyl (C=O) groups is 4. The molecule has 2 atom stereocenters. The molecule has 0 heterocycles. The minimum Gasteiger partial charge on any atom is -0.481 e. The summed E-state index contributed by atoms with van der Waals surface area (Å²) in [4.78, 5) is 47.1. The molecule has 4 N–H and O–H groups in total. The zero-order chi connectivity index (χ0) is 26.1. The Kier molecular flexibility index (Phi) is 16.1. The maximum atomic E-state index is 12.6. The van der Waals surface area contributed by atoms with E-state index in [0.717, 1.165) is 25.7 Å². The van der Waals surface area contributed by atoms with Gasteiger partial charge in [-0.1, -0.05) is 77.6 Å². The Morgan fingerprint density at radius 3 is 1.50 bits per heavy atom. The number of hydrogen-bond donors (Lipinski definition) is 4. The fourth-order valence-corrected chi connectivity index (χ4v) is 4.28. The minimum atomic E-state index is -5.12. The molecular weight excluding hydrogens is 470 g/mol. The lowest BCUT2D eigenvalue weighted by atomic mass is 10.0. The fraction of sp³-hybridized carbons (Fsp3) is 0.818. The summed E-state index contributed by atoms with van der Waals surface area (Å²) >= 11 is 0. The van der Waals surface area contributed by atoms with Crippen molar-refractivity contribution in [2.75, 3.05) is 6.54 Å². The van der Waals surface area contributed by atoms with Gasteiger partial charge in [-0.2, -0.15) is 8.42 Å². The van der Waals surface area contributed by atoms with Crippen LogP contribution in [0.3, 0.4) is 0 Å². The van der Waals surface area contributed by atoms with E-state index in [0.29, 0.717) is 17.7 Å². The molecule has 0 aromatic heterocycles. The van der Waals surface area contributed by atoms with E-state index in [1.54, 1.807) is 0 Å². The van der Waals surface area contributed by atoms with Gasteiger partial charge in [-0.15, -0.1) is 0 Å². The molecule has 198 valence electrons. The van der Waals surface area contributed by atoms with E-state index in [9.17, 15) is 32.7 Å². The number of carbonyl (C=O) groups excluding carboxylic acids is 1. The molecule has 0 aliphatic carbocycles. The van der Waals surface area contributed by atoms with Gasteiger partial charge < -0.3 is 20.2 Å². The van der Waals surface area contributed by atoms with Gasteiger partial charge in [0.15, 0.2) is 5.25 Å². The van der Waals surface area contributed by atoms with Crippen LogP contribution in [0, 0.1) is 0 Å². The molecular formula is C22H39NO10S. The van der Waals surface area contributed by atoms with E-state index in [1.807, 2.05) is 0 Å². The van der Waals surface area contributed by atoms with Gasteiger partial charge in [0.05, 0.1) is 12.8 Å². The number of hydrogen-bond acceptors (Lipinski definition) is 6. The van der Waals surface area contributed by atoms with E-state index >= 15 is 0 Å². The maximum absolute atomic E-state index is 12.6. The first-order valence-electron chi connectivity index (χ1n) is 11.8. The molecule has 0 aliphatic heterocycles. The molecule has 0 radical (unpaired) electrons. The summed E-state index contributed by atoms with van der Waals surface area (Å²) in [6, 6.07) is -1.78. The summed E-state index contributed by atoms with van der Waals surface area (Å²) < 4.78 is 31.6. The zero-order valence-electron chi connectivity index (χ0n) is 19.9. The molecule has 0 aromatic rings. The fourth-order valence-electron chi connectivity index (χ4n) is 3.67. The second kappa shape index (κ2) is 17.3. The van der Waals surface area contributed by atoms with Crippen LogP contribution in [0.5, 0.6) is 0 Å². The first-order chi connectivity index (χ1) is 15.9. The molecule has 0 spiro atoms. The van der Waals surface area contributed by atoms with Crippen LogP contribution in [-0.4, -0.2) is 74.8 Å². The predicted octanol–water partition coefficient (Wildman–Crippen LogP) is 3.18. The molecule has 0 saturated carbocycles.